The molecule has 1 aromatic heterocycles. The van der Waals surface area contributed by atoms with Gasteiger partial charge in [-0.1, -0.05) is 30.3 Å². The lowest BCUT2D eigenvalue weighted by molar-refractivity contribution is 0.108. The van der Waals surface area contributed by atoms with Gasteiger partial charge < -0.3 is 0 Å². The van der Waals surface area contributed by atoms with Gasteiger partial charge in [-0.25, -0.2) is 0 Å². The molecule has 1 atom stereocenters. The zero-order chi connectivity index (χ0) is 11.5. The molecule has 0 bridgehead atoms. The number of halogens is 1. The fourth-order valence-corrected chi connectivity index (χ4v) is 1.63. The third kappa shape index (κ3) is 2.14. The van der Waals surface area contributed by atoms with Crippen LogP contribution < -0.4 is 0 Å². The van der Waals surface area contributed by atoms with Gasteiger partial charge in [0.05, 0.1) is 17.8 Å². The van der Waals surface area contributed by atoms with Crippen molar-refractivity contribution in [2.75, 3.05) is 0 Å². The molecule has 0 saturated carbocycles. The van der Waals surface area contributed by atoms with Gasteiger partial charge in [0, 0.05) is 6.20 Å². The predicted molar refractivity (Wildman–Crippen MR) is 62.7 cm³/mol. The summed E-state index contributed by atoms with van der Waals surface area (Å²) in [6, 6.07) is 10.0. The van der Waals surface area contributed by atoms with Crippen molar-refractivity contribution in [1.29, 1.82) is 0 Å². The SMILES string of the molecule is C[C@H](c1ccccc1)n1cc(C(=O)Cl)cn1. The van der Waals surface area contributed by atoms with E-state index < -0.39 is 5.24 Å². The molecule has 1 heterocycles. The van der Waals surface area contributed by atoms with Crippen molar-refractivity contribution in [3.05, 3.63) is 53.9 Å². The van der Waals surface area contributed by atoms with Gasteiger partial charge in [-0.15, -0.1) is 0 Å². The minimum Gasteiger partial charge on any atom is -0.275 e. The number of benzene rings is 1. The summed E-state index contributed by atoms with van der Waals surface area (Å²) >= 11 is 5.37. The molecular formula is C12H11ClN2O. The van der Waals surface area contributed by atoms with Crippen LogP contribution in [-0.2, 0) is 0 Å². The lowest BCUT2D eigenvalue weighted by Gasteiger charge is -2.11. The normalized spacial score (nSPS) is 12.4. The van der Waals surface area contributed by atoms with Crippen molar-refractivity contribution in [2.45, 2.75) is 13.0 Å². The Balaban J connectivity index is 2.27. The molecule has 0 fully saturated rings. The summed E-state index contributed by atoms with van der Waals surface area (Å²) in [6.07, 6.45) is 3.14. The third-order valence-electron chi connectivity index (χ3n) is 2.51. The molecule has 3 nitrogen and oxygen atoms in total. The summed E-state index contributed by atoms with van der Waals surface area (Å²) in [5.41, 5.74) is 1.56. The largest absolute Gasteiger partial charge is 0.275 e. The Morgan fingerprint density at radius 1 is 1.38 bits per heavy atom. The summed E-state index contributed by atoms with van der Waals surface area (Å²) in [5, 5.41) is 3.65. The predicted octanol–water partition coefficient (Wildman–Crippen LogP) is 2.87. The molecule has 0 amide bonds. The number of nitrogens with zero attached hydrogens (tertiary/aromatic N) is 2. The number of rotatable bonds is 3. The molecule has 2 aromatic rings. The lowest BCUT2D eigenvalue weighted by Crippen LogP contribution is -2.06. The molecule has 16 heavy (non-hydrogen) atoms. The van der Waals surface area contributed by atoms with E-state index in [0.717, 1.165) is 5.56 Å². The van der Waals surface area contributed by atoms with Crippen LogP contribution in [-0.4, -0.2) is 15.0 Å². The second-order valence-electron chi connectivity index (χ2n) is 3.57. The van der Waals surface area contributed by atoms with Gasteiger partial charge in [0.1, 0.15) is 0 Å². The van der Waals surface area contributed by atoms with Gasteiger partial charge in [-0.05, 0) is 24.1 Å². The molecule has 4 heteroatoms. The Bertz CT molecular complexity index is 493. The molecule has 0 N–H and O–H groups in total. The van der Waals surface area contributed by atoms with Crippen LogP contribution in [0.25, 0.3) is 0 Å². The van der Waals surface area contributed by atoms with E-state index in [1.807, 2.05) is 37.3 Å². The first-order chi connectivity index (χ1) is 7.68. The van der Waals surface area contributed by atoms with Crippen LogP contribution in [0.2, 0.25) is 0 Å². The van der Waals surface area contributed by atoms with Crippen LogP contribution in [0, 0.1) is 0 Å². The summed E-state index contributed by atoms with van der Waals surface area (Å²) in [7, 11) is 0. The Morgan fingerprint density at radius 2 is 2.06 bits per heavy atom. The molecule has 0 unspecified atom stereocenters. The quantitative estimate of drug-likeness (QED) is 0.766. The summed E-state index contributed by atoms with van der Waals surface area (Å²) in [5.74, 6) is 0. The second-order valence-corrected chi connectivity index (χ2v) is 3.91. The van der Waals surface area contributed by atoms with E-state index >= 15 is 0 Å². The minimum absolute atomic E-state index is 0.0889. The first-order valence-electron chi connectivity index (χ1n) is 4.97. The molecular weight excluding hydrogens is 224 g/mol. The van der Waals surface area contributed by atoms with Crippen LogP contribution in [0.4, 0.5) is 0 Å². The Morgan fingerprint density at radius 3 is 2.62 bits per heavy atom. The molecule has 82 valence electrons. The van der Waals surface area contributed by atoms with E-state index in [4.69, 9.17) is 11.6 Å². The number of aromatic nitrogens is 2. The van der Waals surface area contributed by atoms with Gasteiger partial charge in [-0.3, -0.25) is 9.48 Å². The maximum Gasteiger partial charge on any atom is 0.255 e. The fourth-order valence-electron chi connectivity index (χ4n) is 1.54. The summed E-state index contributed by atoms with van der Waals surface area (Å²) in [4.78, 5) is 10.9. The highest BCUT2D eigenvalue weighted by Crippen LogP contribution is 2.17. The second kappa shape index (κ2) is 4.49. The van der Waals surface area contributed by atoms with Crippen molar-refractivity contribution in [3.8, 4) is 0 Å². The average Bonchev–Trinajstić information content (AvgIpc) is 2.78. The monoisotopic (exact) mass is 234 g/mol. The first-order valence-corrected chi connectivity index (χ1v) is 5.35. The molecule has 0 saturated heterocycles. The Hall–Kier alpha value is -1.61. The topological polar surface area (TPSA) is 34.9 Å². The van der Waals surface area contributed by atoms with Crippen molar-refractivity contribution >= 4 is 16.8 Å². The van der Waals surface area contributed by atoms with Gasteiger partial charge in [0.2, 0.25) is 0 Å². The third-order valence-corrected chi connectivity index (χ3v) is 2.73. The summed E-state index contributed by atoms with van der Waals surface area (Å²) in [6.45, 7) is 2.02. The lowest BCUT2D eigenvalue weighted by atomic mass is 10.1. The average molecular weight is 235 g/mol. The van der Waals surface area contributed by atoms with E-state index in [1.54, 1.807) is 10.9 Å². The van der Waals surface area contributed by atoms with Crippen LogP contribution in [0.15, 0.2) is 42.7 Å². The van der Waals surface area contributed by atoms with Crippen molar-refractivity contribution in [1.82, 2.24) is 9.78 Å². The molecule has 0 spiro atoms. The zero-order valence-electron chi connectivity index (χ0n) is 8.80. The molecule has 2 rings (SSSR count). The molecule has 0 radical (unpaired) electrons. The van der Waals surface area contributed by atoms with E-state index in [1.165, 1.54) is 6.20 Å². The van der Waals surface area contributed by atoms with Gasteiger partial charge in [0.25, 0.3) is 5.24 Å². The first kappa shape index (κ1) is 10.9. The minimum atomic E-state index is -0.480. The van der Waals surface area contributed by atoms with Gasteiger partial charge >= 0.3 is 0 Å². The van der Waals surface area contributed by atoms with E-state index in [-0.39, 0.29) is 6.04 Å². The highest BCUT2D eigenvalue weighted by molar-refractivity contribution is 6.67. The maximum atomic E-state index is 10.9. The molecule has 0 aliphatic heterocycles. The smallest absolute Gasteiger partial charge is 0.255 e. The van der Waals surface area contributed by atoms with Crippen molar-refractivity contribution in [3.63, 3.8) is 0 Å². The Labute approximate surface area is 98.7 Å². The fraction of sp³-hybridized carbons (Fsp3) is 0.167. The zero-order valence-corrected chi connectivity index (χ0v) is 9.56. The Kier molecular flexibility index (Phi) is 3.06. The standard InChI is InChI=1S/C12H11ClN2O/c1-9(10-5-3-2-4-6-10)15-8-11(7-14-15)12(13)16/h2-9H,1H3/t9-/m1/s1. The van der Waals surface area contributed by atoms with E-state index in [0.29, 0.717) is 5.56 Å². The van der Waals surface area contributed by atoms with Crippen molar-refractivity contribution in [2.24, 2.45) is 0 Å². The van der Waals surface area contributed by atoms with Crippen LogP contribution >= 0.6 is 11.6 Å². The maximum absolute atomic E-state index is 10.9. The van der Waals surface area contributed by atoms with Gasteiger partial charge in [0.15, 0.2) is 0 Å². The number of carbonyl (C=O) groups excluding carboxylic acids is 1. The van der Waals surface area contributed by atoms with E-state index in [2.05, 4.69) is 5.10 Å². The number of carbonyl (C=O) groups is 1. The number of hydrogen-bond acceptors (Lipinski definition) is 2. The molecule has 1 aromatic carbocycles. The van der Waals surface area contributed by atoms with Gasteiger partial charge in [-0.2, -0.15) is 5.10 Å². The van der Waals surface area contributed by atoms with Crippen LogP contribution in [0.3, 0.4) is 0 Å². The van der Waals surface area contributed by atoms with Crippen molar-refractivity contribution < 1.29 is 4.79 Å². The molecule has 0 aliphatic carbocycles. The van der Waals surface area contributed by atoms with Crippen LogP contribution in [0.1, 0.15) is 28.9 Å². The molecule has 0 aliphatic rings. The van der Waals surface area contributed by atoms with Crippen LogP contribution in [0.5, 0.6) is 0 Å². The highest BCUT2D eigenvalue weighted by atomic mass is 35.5. The summed E-state index contributed by atoms with van der Waals surface area (Å²) < 4.78 is 1.73. The highest BCUT2D eigenvalue weighted by Gasteiger charge is 2.11. The number of hydrogen-bond donors (Lipinski definition) is 0. The van der Waals surface area contributed by atoms with E-state index in [9.17, 15) is 4.79 Å².